The van der Waals surface area contributed by atoms with E-state index in [1.807, 2.05) is 0 Å². The first-order valence-corrected chi connectivity index (χ1v) is 14.4. The fourth-order valence-corrected chi connectivity index (χ4v) is 34.2. The van der Waals surface area contributed by atoms with Crippen molar-refractivity contribution in [1.29, 1.82) is 0 Å². The maximum Gasteiger partial charge on any atom is -0.0133 e. The molecule has 0 bridgehead atoms. The molecule has 0 aliphatic rings. The average molecular weight is 364 g/mol. The maximum atomic E-state index is 2.51. The summed E-state index contributed by atoms with van der Waals surface area (Å²) in [6.07, 6.45) is 2.82. The highest BCUT2D eigenvalue weighted by molar-refractivity contribution is 8.61. The predicted molar refractivity (Wildman–Crippen MR) is 115 cm³/mol. The molecule has 0 N–H and O–H groups in total. The lowest BCUT2D eigenvalue weighted by atomic mass is 10.2. The van der Waals surface area contributed by atoms with E-state index in [0.717, 1.165) is 0 Å². The van der Waals surface area contributed by atoms with Crippen molar-refractivity contribution in [2.24, 2.45) is 0 Å². The Kier molecular flexibility index (Phi) is 8.12. The van der Waals surface area contributed by atoms with Gasteiger partial charge < -0.3 is 0 Å². The second kappa shape index (κ2) is 7.67. The summed E-state index contributed by atoms with van der Waals surface area (Å²) in [5.41, 5.74) is 0. The molecule has 0 heterocycles. The standard InChI is InChI=1S/C19H43P3/c1-14-15-20(21(16(2,3)4)17(5,6)7)22(18(8,9)10)19(11,12)13/h14-15H2,1-13H3. The van der Waals surface area contributed by atoms with Crippen LogP contribution in [0.2, 0.25) is 0 Å². The quantitative estimate of drug-likeness (QED) is 0.437. The van der Waals surface area contributed by atoms with Crippen molar-refractivity contribution < 1.29 is 0 Å². The molecule has 0 radical (unpaired) electrons. The van der Waals surface area contributed by atoms with Gasteiger partial charge in [-0.15, -0.1) is 0 Å². The molecule has 0 rings (SSSR count). The van der Waals surface area contributed by atoms with Crippen LogP contribution < -0.4 is 0 Å². The summed E-state index contributed by atoms with van der Waals surface area (Å²) in [4.78, 5) is 0. The molecule has 22 heavy (non-hydrogen) atoms. The normalized spacial score (nSPS) is 15.3. The Bertz CT molecular complexity index is 274. The molecule has 3 heteroatoms. The molecule has 0 nitrogen and oxygen atoms in total. The third-order valence-electron chi connectivity index (χ3n) is 3.43. The summed E-state index contributed by atoms with van der Waals surface area (Å²) < 4.78 is 0. The van der Waals surface area contributed by atoms with Gasteiger partial charge in [0.05, 0.1) is 0 Å². The fourth-order valence-electron chi connectivity index (χ4n) is 3.89. The van der Waals surface area contributed by atoms with Crippen molar-refractivity contribution in [2.45, 2.75) is 117 Å². The van der Waals surface area contributed by atoms with Gasteiger partial charge in [-0.1, -0.05) is 119 Å². The zero-order chi connectivity index (χ0) is 18.1. The molecule has 0 atom stereocenters. The van der Waals surface area contributed by atoms with E-state index in [1.54, 1.807) is 0 Å². The zero-order valence-electron chi connectivity index (χ0n) is 17.8. The van der Waals surface area contributed by atoms with Crippen LogP contribution in [0.25, 0.3) is 0 Å². The minimum atomic E-state index is 0.0136. The van der Waals surface area contributed by atoms with E-state index >= 15 is 0 Å². The maximum absolute atomic E-state index is 2.51. The summed E-state index contributed by atoms with van der Waals surface area (Å²) in [6.45, 7) is 32.5. The Morgan fingerprint density at radius 3 is 0.864 bits per heavy atom. The monoisotopic (exact) mass is 364 g/mol. The van der Waals surface area contributed by atoms with Crippen LogP contribution in [-0.2, 0) is 0 Å². The van der Waals surface area contributed by atoms with Crippen molar-refractivity contribution >= 4 is 22.5 Å². The lowest BCUT2D eigenvalue weighted by Crippen LogP contribution is -2.29. The van der Waals surface area contributed by atoms with Gasteiger partial charge in [0.1, 0.15) is 0 Å². The SMILES string of the molecule is CCCP(P(C(C)(C)C)C(C)(C)C)P(C(C)(C)C)C(C)(C)C. The van der Waals surface area contributed by atoms with Gasteiger partial charge in [0.2, 0.25) is 0 Å². The molecule has 0 amide bonds. The number of hydrogen-bond acceptors (Lipinski definition) is 0. The van der Waals surface area contributed by atoms with Gasteiger partial charge in [0, 0.05) is 0 Å². The van der Waals surface area contributed by atoms with E-state index in [0.29, 0.717) is 20.6 Å². The molecule has 0 spiro atoms. The van der Waals surface area contributed by atoms with Gasteiger partial charge in [-0.3, -0.25) is 0 Å². The van der Waals surface area contributed by atoms with E-state index in [1.165, 1.54) is 12.6 Å². The summed E-state index contributed by atoms with van der Waals surface area (Å²) in [5, 5.41) is 1.80. The summed E-state index contributed by atoms with van der Waals surface area (Å²) in [7, 11) is 0.117. The molecule has 0 unspecified atom stereocenters. The van der Waals surface area contributed by atoms with E-state index in [9.17, 15) is 0 Å². The van der Waals surface area contributed by atoms with Crippen LogP contribution >= 0.6 is 22.5 Å². The molecule has 134 valence electrons. The second-order valence-corrected chi connectivity index (χ2v) is 24.5. The molecule has 0 aromatic heterocycles. The highest BCUT2D eigenvalue weighted by atomic mass is 32.5. The molecule has 0 saturated carbocycles. The van der Waals surface area contributed by atoms with E-state index in [-0.39, 0.29) is 22.5 Å². The van der Waals surface area contributed by atoms with Crippen molar-refractivity contribution in [1.82, 2.24) is 0 Å². The van der Waals surface area contributed by atoms with Crippen LogP contribution in [0.4, 0.5) is 0 Å². The van der Waals surface area contributed by atoms with Gasteiger partial charge in [-0.05, 0) is 26.8 Å². The van der Waals surface area contributed by atoms with E-state index in [4.69, 9.17) is 0 Å². The Hall–Kier alpha value is 1.29. The summed E-state index contributed by atoms with van der Waals surface area (Å²) in [5.74, 6) is 0. The Balaban J connectivity index is 6.14. The molecule has 0 aliphatic heterocycles. The van der Waals surface area contributed by atoms with Gasteiger partial charge >= 0.3 is 0 Å². The minimum Gasteiger partial charge on any atom is -0.0654 e. The first-order chi connectivity index (χ1) is 9.44. The highest BCUT2D eigenvalue weighted by Gasteiger charge is 2.48. The van der Waals surface area contributed by atoms with Gasteiger partial charge in [-0.25, -0.2) is 0 Å². The first-order valence-electron chi connectivity index (χ1n) is 8.82. The van der Waals surface area contributed by atoms with Gasteiger partial charge in [0.15, 0.2) is 0 Å². The number of hydrogen-bond donors (Lipinski definition) is 0. The minimum absolute atomic E-state index is 0.0136. The summed E-state index contributed by atoms with van der Waals surface area (Å²) >= 11 is 0. The smallest absolute Gasteiger partial charge is 0.0133 e. The van der Waals surface area contributed by atoms with E-state index < -0.39 is 0 Å². The molecular weight excluding hydrogens is 321 g/mol. The van der Waals surface area contributed by atoms with Crippen molar-refractivity contribution in [3.05, 3.63) is 0 Å². The fraction of sp³-hybridized carbons (Fsp3) is 1.00. The van der Waals surface area contributed by atoms with Crippen LogP contribution in [0, 0.1) is 0 Å². The lowest BCUT2D eigenvalue weighted by Gasteiger charge is -2.55. The second-order valence-electron chi connectivity index (χ2n) is 10.4. The van der Waals surface area contributed by atoms with Crippen molar-refractivity contribution in [2.75, 3.05) is 6.16 Å². The van der Waals surface area contributed by atoms with Gasteiger partial charge in [0.25, 0.3) is 0 Å². The molecular formula is C19H43P3. The van der Waals surface area contributed by atoms with Gasteiger partial charge in [-0.2, -0.15) is 0 Å². The third kappa shape index (κ3) is 6.66. The lowest BCUT2D eigenvalue weighted by molar-refractivity contribution is 0.715. The third-order valence-corrected chi connectivity index (χ3v) is 24.7. The topological polar surface area (TPSA) is 0 Å². The molecule has 0 aromatic carbocycles. The zero-order valence-corrected chi connectivity index (χ0v) is 20.4. The molecule has 0 saturated heterocycles. The van der Waals surface area contributed by atoms with Crippen molar-refractivity contribution in [3.63, 3.8) is 0 Å². The van der Waals surface area contributed by atoms with Crippen LogP contribution in [0.5, 0.6) is 0 Å². The molecule has 0 aliphatic carbocycles. The van der Waals surface area contributed by atoms with Crippen LogP contribution in [0.1, 0.15) is 96.4 Å². The van der Waals surface area contributed by atoms with Crippen LogP contribution in [0.15, 0.2) is 0 Å². The van der Waals surface area contributed by atoms with E-state index in [2.05, 4.69) is 90.0 Å². The predicted octanol–water partition coefficient (Wildman–Crippen LogP) is 8.87. The largest absolute Gasteiger partial charge is 0.0654 e. The average Bonchev–Trinajstić information content (AvgIpc) is 2.06. The first kappa shape index (κ1) is 23.3. The highest BCUT2D eigenvalue weighted by Crippen LogP contribution is 2.97. The Labute approximate surface area is 146 Å². The van der Waals surface area contributed by atoms with Crippen LogP contribution in [0.3, 0.4) is 0 Å². The van der Waals surface area contributed by atoms with Crippen LogP contribution in [-0.4, -0.2) is 26.8 Å². The van der Waals surface area contributed by atoms with Crippen molar-refractivity contribution in [3.8, 4) is 0 Å². The summed E-state index contributed by atoms with van der Waals surface area (Å²) in [6, 6.07) is 0. The Morgan fingerprint density at radius 2 is 0.727 bits per heavy atom. The molecule has 0 aromatic rings. The molecule has 0 fully saturated rings. The number of rotatable bonds is 4. The Morgan fingerprint density at radius 1 is 0.500 bits per heavy atom.